The average Bonchev–Trinajstić information content (AvgIpc) is 2.73. The molecule has 146 valence electrons. The highest BCUT2D eigenvalue weighted by Gasteiger charge is 2.05. The van der Waals surface area contributed by atoms with Crippen LogP contribution in [0.5, 0.6) is 0 Å². The fourth-order valence-corrected chi connectivity index (χ4v) is 4.29. The Kier molecular flexibility index (Phi) is 9.77. The average molecular weight is 449 g/mol. The van der Waals surface area contributed by atoms with Crippen LogP contribution in [0.3, 0.4) is 0 Å². The summed E-state index contributed by atoms with van der Waals surface area (Å²) in [4.78, 5) is 2.18. The fraction of sp³-hybridized carbons (Fsp3) is 0.111. The summed E-state index contributed by atoms with van der Waals surface area (Å²) in [6.45, 7) is 0. The van der Waals surface area contributed by atoms with Crippen molar-refractivity contribution in [2.24, 2.45) is 10.2 Å². The molecule has 10 heteroatoms. The second kappa shape index (κ2) is 12.3. The molecule has 0 spiro atoms. The number of nitrogens with one attached hydrogen (secondary N) is 4. The first-order chi connectivity index (χ1) is 13.6. The van der Waals surface area contributed by atoms with Gasteiger partial charge in [-0.25, -0.2) is 0 Å². The van der Waals surface area contributed by atoms with Crippen molar-refractivity contribution in [2.75, 3.05) is 14.1 Å². The Morgan fingerprint density at radius 3 is 1.54 bits per heavy atom. The highest BCUT2D eigenvalue weighted by molar-refractivity contribution is 8.76. The van der Waals surface area contributed by atoms with Crippen molar-refractivity contribution < 1.29 is 0 Å². The van der Waals surface area contributed by atoms with E-state index in [0.717, 1.165) is 20.9 Å². The summed E-state index contributed by atoms with van der Waals surface area (Å²) >= 11 is 10.0. The maximum Gasteiger partial charge on any atom is 0.186 e. The molecule has 0 atom stereocenters. The first-order valence-electron chi connectivity index (χ1n) is 8.18. The van der Waals surface area contributed by atoms with Gasteiger partial charge in [-0.2, -0.15) is 10.2 Å². The molecule has 0 saturated carbocycles. The molecule has 0 radical (unpaired) electrons. The monoisotopic (exact) mass is 448 g/mol. The van der Waals surface area contributed by atoms with Crippen molar-refractivity contribution in [3.05, 3.63) is 59.7 Å². The van der Waals surface area contributed by atoms with Gasteiger partial charge in [0.2, 0.25) is 0 Å². The first-order valence-corrected chi connectivity index (χ1v) is 11.1. The van der Waals surface area contributed by atoms with Gasteiger partial charge in [0.25, 0.3) is 0 Å². The van der Waals surface area contributed by atoms with Crippen molar-refractivity contribution in [2.45, 2.75) is 9.79 Å². The normalized spacial score (nSPS) is 10.8. The van der Waals surface area contributed by atoms with Crippen LogP contribution in [0.4, 0.5) is 0 Å². The molecular weight excluding hydrogens is 429 g/mol. The van der Waals surface area contributed by atoms with E-state index < -0.39 is 0 Å². The van der Waals surface area contributed by atoms with E-state index in [-0.39, 0.29) is 0 Å². The van der Waals surface area contributed by atoms with Gasteiger partial charge in [0.05, 0.1) is 12.4 Å². The third kappa shape index (κ3) is 7.47. The number of thiocarbonyl (C=S) groups is 2. The molecule has 0 aromatic heterocycles. The third-order valence-electron chi connectivity index (χ3n) is 3.25. The molecule has 0 fully saturated rings. The molecule has 0 aliphatic carbocycles. The van der Waals surface area contributed by atoms with Gasteiger partial charge in [-0.1, -0.05) is 58.0 Å². The van der Waals surface area contributed by atoms with Crippen LogP contribution in [0.2, 0.25) is 0 Å². The van der Waals surface area contributed by atoms with Gasteiger partial charge >= 0.3 is 0 Å². The molecule has 0 unspecified atom stereocenters. The van der Waals surface area contributed by atoms with Gasteiger partial charge < -0.3 is 10.6 Å². The minimum Gasteiger partial charge on any atom is -0.364 e. The minimum absolute atomic E-state index is 0.468. The lowest BCUT2D eigenvalue weighted by atomic mass is 10.2. The Hall–Kier alpha value is -2.14. The van der Waals surface area contributed by atoms with Crippen molar-refractivity contribution in [3.63, 3.8) is 0 Å². The van der Waals surface area contributed by atoms with E-state index in [9.17, 15) is 0 Å². The number of hydrazone groups is 2. The Labute approximate surface area is 183 Å². The lowest BCUT2D eigenvalue weighted by Gasteiger charge is -2.07. The Morgan fingerprint density at radius 1 is 0.750 bits per heavy atom. The molecular formula is C18H20N6S4. The van der Waals surface area contributed by atoms with E-state index in [4.69, 9.17) is 24.4 Å². The summed E-state index contributed by atoms with van der Waals surface area (Å²) in [5, 5.41) is 14.9. The van der Waals surface area contributed by atoms with Crippen molar-refractivity contribution in [1.82, 2.24) is 21.5 Å². The van der Waals surface area contributed by atoms with Crippen LogP contribution in [0, 0.1) is 0 Å². The topological polar surface area (TPSA) is 72.8 Å². The van der Waals surface area contributed by atoms with E-state index in [1.807, 2.05) is 36.4 Å². The van der Waals surface area contributed by atoms with E-state index >= 15 is 0 Å². The van der Waals surface area contributed by atoms with Gasteiger partial charge in [0.1, 0.15) is 0 Å². The predicted molar refractivity (Wildman–Crippen MR) is 129 cm³/mol. The summed E-state index contributed by atoms with van der Waals surface area (Å²) in [7, 11) is 6.79. The number of hydrogen-bond acceptors (Lipinski definition) is 6. The number of benzene rings is 2. The van der Waals surface area contributed by atoms with Gasteiger partial charge in [0.15, 0.2) is 10.2 Å². The minimum atomic E-state index is 0.468. The van der Waals surface area contributed by atoms with Crippen molar-refractivity contribution in [3.8, 4) is 0 Å². The van der Waals surface area contributed by atoms with Crippen LogP contribution >= 0.6 is 46.0 Å². The molecule has 0 bridgehead atoms. The second-order valence-electron chi connectivity index (χ2n) is 5.14. The third-order valence-corrected chi connectivity index (χ3v) is 6.36. The van der Waals surface area contributed by atoms with Crippen LogP contribution in [0.1, 0.15) is 11.1 Å². The van der Waals surface area contributed by atoms with Gasteiger partial charge in [-0.05, 0) is 36.6 Å². The maximum atomic E-state index is 5.02. The highest BCUT2D eigenvalue weighted by Crippen LogP contribution is 2.39. The van der Waals surface area contributed by atoms with Gasteiger partial charge in [-0.3, -0.25) is 10.9 Å². The molecule has 0 saturated heterocycles. The summed E-state index contributed by atoms with van der Waals surface area (Å²) in [6, 6.07) is 16.1. The van der Waals surface area contributed by atoms with Crippen LogP contribution in [0.15, 0.2) is 68.5 Å². The number of rotatable bonds is 7. The molecule has 0 aliphatic heterocycles. The summed E-state index contributed by atoms with van der Waals surface area (Å²) in [5.74, 6) is 0. The molecule has 0 amide bonds. The molecule has 2 rings (SSSR count). The molecule has 2 aromatic rings. The van der Waals surface area contributed by atoms with Gasteiger partial charge in [-0.15, -0.1) is 0 Å². The van der Waals surface area contributed by atoms with E-state index in [0.29, 0.717) is 10.2 Å². The summed E-state index contributed by atoms with van der Waals surface area (Å²) in [6.07, 6.45) is 3.50. The lowest BCUT2D eigenvalue weighted by molar-refractivity contribution is 0.981. The molecule has 4 N–H and O–H groups in total. The predicted octanol–water partition coefficient (Wildman–Crippen LogP) is 3.34. The highest BCUT2D eigenvalue weighted by atomic mass is 33.1. The Balaban J connectivity index is 2.07. The first kappa shape index (κ1) is 22.2. The molecule has 28 heavy (non-hydrogen) atoms. The maximum absolute atomic E-state index is 5.02. The zero-order valence-corrected chi connectivity index (χ0v) is 18.6. The quantitative estimate of drug-likeness (QED) is 0.222. The Bertz CT molecular complexity index is 797. The zero-order valence-electron chi connectivity index (χ0n) is 15.3. The molecule has 2 aromatic carbocycles. The summed E-state index contributed by atoms with van der Waals surface area (Å²) in [5.41, 5.74) is 7.52. The van der Waals surface area contributed by atoms with E-state index in [1.54, 1.807) is 48.1 Å². The van der Waals surface area contributed by atoms with Crippen LogP contribution in [-0.4, -0.2) is 36.7 Å². The van der Waals surface area contributed by atoms with Crippen LogP contribution < -0.4 is 21.5 Å². The molecule has 6 nitrogen and oxygen atoms in total. The van der Waals surface area contributed by atoms with Crippen molar-refractivity contribution in [1.29, 1.82) is 0 Å². The number of nitrogens with zero attached hydrogens (tertiary/aromatic N) is 2. The van der Waals surface area contributed by atoms with Crippen LogP contribution in [-0.2, 0) is 0 Å². The second-order valence-corrected chi connectivity index (χ2v) is 8.17. The van der Waals surface area contributed by atoms with E-state index in [1.165, 1.54) is 0 Å². The molecule has 0 heterocycles. The largest absolute Gasteiger partial charge is 0.364 e. The standard InChI is InChI=1S/C18H20N6S4/c1-19-17(25)23-21-11-13-7-3-5-9-15(13)27-28-16-10-6-4-8-14(16)12-22-24-18(26)20-2/h3-12H,1-2H3,(H2,19,23,25)(H2,20,24,26)/b21-11+,22-12+. The summed E-state index contributed by atoms with van der Waals surface area (Å²) < 4.78 is 0. The van der Waals surface area contributed by atoms with Crippen molar-refractivity contribution >= 4 is 68.7 Å². The lowest BCUT2D eigenvalue weighted by Crippen LogP contribution is -2.28. The number of hydrogen-bond donors (Lipinski definition) is 4. The SMILES string of the molecule is CNC(=S)N/N=C/c1ccccc1SSc1ccccc1/C=N/NC(=S)NC. The smallest absolute Gasteiger partial charge is 0.186 e. The molecule has 0 aliphatic rings. The Morgan fingerprint density at radius 2 is 1.14 bits per heavy atom. The fourth-order valence-electron chi connectivity index (χ4n) is 1.85. The zero-order chi connectivity index (χ0) is 20.2. The van der Waals surface area contributed by atoms with Crippen LogP contribution in [0.25, 0.3) is 0 Å². The van der Waals surface area contributed by atoms with Gasteiger partial charge in [0, 0.05) is 35.0 Å². The van der Waals surface area contributed by atoms with E-state index in [2.05, 4.69) is 43.8 Å².